The van der Waals surface area contributed by atoms with Crippen molar-refractivity contribution in [1.82, 2.24) is 20.5 Å². The molecular formula is C22H26N4O5S. The number of alkyl carbamates (subject to hydrolysis) is 1. The third-order valence-electron chi connectivity index (χ3n) is 4.19. The molecule has 1 amide bonds. The number of aromatic nitrogens is 3. The van der Waals surface area contributed by atoms with Gasteiger partial charge in [-0.3, -0.25) is 0 Å². The van der Waals surface area contributed by atoms with Crippen molar-refractivity contribution in [3.8, 4) is 5.75 Å². The molecule has 0 unspecified atom stereocenters. The Balaban J connectivity index is 1.67. The van der Waals surface area contributed by atoms with Crippen LogP contribution in [0.5, 0.6) is 5.75 Å². The molecule has 0 bridgehead atoms. The van der Waals surface area contributed by atoms with Crippen LogP contribution in [0.25, 0.3) is 11.0 Å². The maximum Gasteiger partial charge on any atom is 0.408 e. The second-order valence-corrected chi connectivity index (χ2v) is 8.95. The molecule has 32 heavy (non-hydrogen) atoms. The minimum atomic E-state index is -0.948. The number of hydrogen-bond acceptors (Lipinski definition) is 8. The van der Waals surface area contributed by atoms with Crippen molar-refractivity contribution in [2.24, 2.45) is 0 Å². The van der Waals surface area contributed by atoms with E-state index in [0.29, 0.717) is 16.8 Å². The van der Waals surface area contributed by atoms with Crippen LogP contribution in [-0.4, -0.2) is 51.7 Å². The van der Waals surface area contributed by atoms with Gasteiger partial charge in [-0.25, -0.2) is 9.59 Å². The molecule has 170 valence electrons. The molecule has 0 saturated heterocycles. The fourth-order valence-electron chi connectivity index (χ4n) is 2.70. The number of carbonyl (C=O) groups excluding carboxylic acids is 2. The number of ether oxygens (including phenoxy) is 2. The van der Waals surface area contributed by atoms with Crippen molar-refractivity contribution < 1.29 is 23.9 Å². The Labute approximate surface area is 190 Å². The van der Waals surface area contributed by atoms with Crippen LogP contribution in [0.2, 0.25) is 0 Å². The Morgan fingerprint density at radius 2 is 1.84 bits per heavy atom. The van der Waals surface area contributed by atoms with Crippen LogP contribution in [0.1, 0.15) is 26.3 Å². The summed E-state index contributed by atoms with van der Waals surface area (Å²) < 4.78 is 10.5. The first-order chi connectivity index (χ1) is 15.2. The molecular weight excluding hydrogens is 432 g/mol. The van der Waals surface area contributed by atoms with Crippen molar-refractivity contribution in [2.45, 2.75) is 38.2 Å². The zero-order chi connectivity index (χ0) is 23.1. The van der Waals surface area contributed by atoms with Crippen molar-refractivity contribution in [3.63, 3.8) is 0 Å². The molecule has 2 aromatic carbocycles. The van der Waals surface area contributed by atoms with Crippen LogP contribution in [0.4, 0.5) is 4.79 Å². The molecule has 1 atom stereocenters. The minimum Gasteiger partial charge on any atom is -0.497 e. The van der Waals surface area contributed by atoms with Crippen LogP contribution in [-0.2, 0) is 15.3 Å². The van der Waals surface area contributed by atoms with Gasteiger partial charge in [-0.1, -0.05) is 29.1 Å². The van der Waals surface area contributed by atoms with Gasteiger partial charge in [0.2, 0.25) is 0 Å². The van der Waals surface area contributed by atoms with Gasteiger partial charge in [0.05, 0.1) is 7.11 Å². The number of methoxy groups -OCH3 is 1. The number of benzene rings is 2. The molecule has 1 aromatic heterocycles. The van der Waals surface area contributed by atoms with Crippen molar-refractivity contribution in [3.05, 3.63) is 54.1 Å². The monoisotopic (exact) mass is 458 g/mol. The molecule has 0 radical (unpaired) electrons. The van der Waals surface area contributed by atoms with E-state index < -0.39 is 23.7 Å². The van der Waals surface area contributed by atoms with E-state index >= 15 is 0 Å². The SMILES string of the molecule is COc1ccc(CSC[C@H](NC(=O)OC(C)(C)C)C(=O)On2nnc3ccccc32)cc1. The van der Waals surface area contributed by atoms with Crippen molar-refractivity contribution >= 4 is 34.9 Å². The van der Waals surface area contributed by atoms with Gasteiger partial charge in [-0.05, 0) is 55.8 Å². The molecule has 0 spiro atoms. The molecule has 0 fully saturated rings. The summed E-state index contributed by atoms with van der Waals surface area (Å²) >= 11 is 1.48. The Morgan fingerprint density at radius 3 is 2.53 bits per heavy atom. The highest BCUT2D eigenvalue weighted by Gasteiger charge is 2.27. The highest BCUT2D eigenvalue weighted by Crippen LogP contribution is 2.18. The number of rotatable bonds is 8. The van der Waals surface area contributed by atoms with Gasteiger partial charge < -0.3 is 19.6 Å². The number of hydrogen-bond donors (Lipinski definition) is 1. The summed E-state index contributed by atoms with van der Waals surface area (Å²) in [5.41, 5.74) is 1.49. The number of nitrogens with zero attached hydrogens (tertiary/aromatic N) is 3. The number of amides is 1. The first-order valence-corrected chi connectivity index (χ1v) is 11.1. The average molecular weight is 459 g/mol. The zero-order valence-corrected chi connectivity index (χ0v) is 19.2. The third kappa shape index (κ3) is 6.61. The topological polar surface area (TPSA) is 105 Å². The van der Waals surface area contributed by atoms with Crippen molar-refractivity contribution in [1.29, 1.82) is 0 Å². The molecule has 1 heterocycles. The normalized spacial score (nSPS) is 12.2. The quantitative estimate of drug-likeness (QED) is 0.513. The molecule has 1 N–H and O–H groups in total. The molecule has 3 rings (SSSR count). The summed E-state index contributed by atoms with van der Waals surface area (Å²) in [7, 11) is 1.61. The largest absolute Gasteiger partial charge is 0.497 e. The van der Waals surface area contributed by atoms with Crippen molar-refractivity contribution in [2.75, 3.05) is 12.9 Å². The average Bonchev–Trinajstić information content (AvgIpc) is 3.15. The standard InChI is InChI=1S/C22H26N4O5S/c1-22(2,3)30-21(28)23-18(14-32-13-15-9-11-16(29-4)12-10-15)20(27)31-26-19-8-6-5-7-17(19)24-25-26/h5-12,18H,13-14H2,1-4H3,(H,23,28)/t18-/m0/s1. The molecule has 3 aromatic rings. The number of nitrogens with one attached hydrogen (secondary N) is 1. The molecule has 9 nitrogen and oxygen atoms in total. The molecule has 0 aliphatic heterocycles. The minimum absolute atomic E-state index is 0.275. The fraction of sp³-hybridized carbons (Fsp3) is 0.364. The van der Waals surface area contributed by atoms with Crippen LogP contribution < -0.4 is 14.9 Å². The van der Waals surface area contributed by atoms with Gasteiger partial charge in [0.25, 0.3) is 0 Å². The van der Waals surface area contributed by atoms with E-state index in [1.54, 1.807) is 46.1 Å². The lowest BCUT2D eigenvalue weighted by atomic mass is 10.2. The van der Waals surface area contributed by atoms with E-state index in [1.165, 1.54) is 11.8 Å². The van der Waals surface area contributed by atoms with E-state index in [0.717, 1.165) is 16.2 Å². The van der Waals surface area contributed by atoms with E-state index in [2.05, 4.69) is 15.6 Å². The van der Waals surface area contributed by atoms with Gasteiger partial charge in [0.15, 0.2) is 0 Å². The lowest BCUT2D eigenvalue weighted by molar-refractivity contribution is -0.147. The Kier molecular flexibility index (Phi) is 7.57. The molecule has 10 heteroatoms. The first kappa shape index (κ1) is 23.4. The summed E-state index contributed by atoms with van der Waals surface area (Å²) in [6, 6.07) is 13.8. The van der Waals surface area contributed by atoms with E-state index in [9.17, 15) is 9.59 Å². The fourth-order valence-corrected chi connectivity index (χ4v) is 3.70. The van der Waals surface area contributed by atoms with Crippen LogP contribution in [0.3, 0.4) is 0 Å². The number of para-hydroxylation sites is 1. The lowest BCUT2D eigenvalue weighted by Gasteiger charge is -2.22. The highest BCUT2D eigenvalue weighted by atomic mass is 32.2. The Morgan fingerprint density at radius 1 is 1.12 bits per heavy atom. The maximum atomic E-state index is 12.9. The predicted molar refractivity (Wildman–Crippen MR) is 121 cm³/mol. The number of thioether (sulfide) groups is 1. The van der Waals surface area contributed by atoms with Crippen LogP contribution in [0.15, 0.2) is 48.5 Å². The van der Waals surface area contributed by atoms with E-state index in [4.69, 9.17) is 14.3 Å². The third-order valence-corrected chi connectivity index (χ3v) is 5.29. The first-order valence-electron chi connectivity index (χ1n) is 9.98. The van der Waals surface area contributed by atoms with E-state index in [-0.39, 0.29) is 5.75 Å². The lowest BCUT2D eigenvalue weighted by Crippen LogP contribution is -2.48. The van der Waals surface area contributed by atoms with Gasteiger partial charge in [0.1, 0.15) is 28.4 Å². The molecule has 0 aliphatic rings. The van der Waals surface area contributed by atoms with Gasteiger partial charge in [0, 0.05) is 11.5 Å². The Bertz CT molecular complexity index is 1060. The number of fused-ring (bicyclic) bond motifs is 1. The van der Waals surface area contributed by atoms with Gasteiger partial charge in [-0.2, -0.15) is 11.8 Å². The zero-order valence-electron chi connectivity index (χ0n) is 18.4. The summed E-state index contributed by atoms with van der Waals surface area (Å²) in [6.45, 7) is 5.25. The van der Waals surface area contributed by atoms with Gasteiger partial charge in [-0.15, -0.1) is 5.10 Å². The second-order valence-electron chi connectivity index (χ2n) is 7.92. The van der Waals surface area contributed by atoms with Crippen LogP contribution in [0, 0.1) is 0 Å². The predicted octanol–water partition coefficient (Wildman–Crippen LogP) is 3.22. The van der Waals surface area contributed by atoms with E-state index in [1.807, 2.05) is 30.3 Å². The van der Waals surface area contributed by atoms with Gasteiger partial charge >= 0.3 is 12.1 Å². The smallest absolute Gasteiger partial charge is 0.408 e. The summed E-state index contributed by atoms with van der Waals surface area (Å²) in [6.07, 6.45) is -0.701. The second kappa shape index (κ2) is 10.4. The highest BCUT2D eigenvalue weighted by molar-refractivity contribution is 7.98. The summed E-state index contributed by atoms with van der Waals surface area (Å²) in [4.78, 5) is 31.6. The number of carbonyl (C=O) groups is 2. The Hall–Kier alpha value is -3.27. The maximum absolute atomic E-state index is 12.9. The van der Waals surface area contributed by atoms with Crippen LogP contribution >= 0.6 is 11.8 Å². The molecule has 0 saturated carbocycles. The summed E-state index contributed by atoms with van der Waals surface area (Å²) in [5.74, 6) is 1.01. The summed E-state index contributed by atoms with van der Waals surface area (Å²) in [5, 5.41) is 10.4. The molecule has 0 aliphatic carbocycles.